The van der Waals surface area contributed by atoms with Gasteiger partial charge in [0.1, 0.15) is 0 Å². The Bertz CT molecular complexity index is 741. The van der Waals surface area contributed by atoms with Gasteiger partial charge in [-0.15, -0.1) is 0 Å². The zero-order valence-electron chi connectivity index (χ0n) is 15.5. The van der Waals surface area contributed by atoms with Crippen LogP contribution in [0.3, 0.4) is 0 Å². The average Bonchev–Trinajstić information content (AvgIpc) is 3.06. The van der Waals surface area contributed by atoms with E-state index < -0.39 is 0 Å². The molecule has 2 aliphatic heterocycles. The molecule has 3 heterocycles. The van der Waals surface area contributed by atoms with Gasteiger partial charge in [0.25, 0.3) is 0 Å². The smallest absolute Gasteiger partial charge is 0.222 e. The van der Waals surface area contributed by atoms with Crippen molar-refractivity contribution in [1.82, 2.24) is 19.8 Å². The van der Waals surface area contributed by atoms with Crippen molar-refractivity contribution in [3.05, 3.63) is 53.6 Å². The van der Waals surface area contributed by atoms with E-state index in [9.17, 15) is 4.79 Å². The predicted molar refractivity (Wildman–Crippen MR) is 102 cm³/mol. The Morgan fingerprint density at radius 1 is 1.23 bits per heavy atom. The number of aromatic nitrogens is 2. The normalized spacial score (nSPS) is 23.9. The van der Waals surface area contributed by atoms with Crippen LogP contribution in [-0.4, -0.2) is 51.4 Å². The number of likely N-dealkylation sites (tertiary alicyclic amines) is 2. The highest BCUT2D eigenvalue weighted by atomic mass is 16.2. The number of imidazole rings is 1. The number of H-pyrrole nitrogens is 1. The van der Waals surface area contributed by atoms with Gasteiger partial charge in [-0.25, -0.2) is 4.98 Å². The summed E-state index contributed by atoms with van der Waals surface area (Å²) in [6.07, 6.45) is 5.54. The van der Waals surface area contributed by atoms with Crippen molar-refractivity contribution in [3.8, 4) is 0 Å². The summed E-state index contributed by atoms with van der Waals surface area (Å²) in [5.41, 5.74) is 3.63. The number of carbonyl (C=O) groups excluding carboxylic acids is 1. The maximum atomic E-state index is 12.6. The Balaban J connectivity index is 1.38. The molecule has 138 valence electrons. The molecule has 2 unspecified atom stereocenters. The molecular formula is C21H28N4O. The molecule has 0 saturated carbocycles. The number of amides is 1. The lowest BCUT2D eigenvalue weighted by Crippen LogP contribution is -2.56. The predicted octanol–water partition coefficient (Wildman–Crippen LogP) is 2.77. The summed E-state index contributed by atoms with van der Waals surface area (Å²) in [6.45, 7) is 5.97. The van der Waals surface area contributed by atoms with Crippen LogP contribution >= 0.6 is 0 Å². The summed E-state index contributed by atoms with van der Waals surface area (Å²) in [4.78, 5) is 24.9. The monoisotopic (exact) mass is 352 g/mol. The number of aryl methyl sites for hydroxylation is 1. The highest BCUT2D eigenvalue weighted by Gasteiger charge is 2.39. The molecule has 4 rings (SSSR count). The molecule has 1 N–H and O–H groups in total. The van der Waals surface area contributed by atoms with E-state index in [1.54, 1.807) is 6.33 Å². The second-order valence-electron chi connectivity index (χ2n) is 7.69. The standard InChI is InChI=1S/C21H28N4O/c1-16-19(23-15-22-16)14-24-11-10-20-18(13-24)7-8-21(26)25(20)12-9-17-5-3-2-4-6-17/h2-6,15,18,20H,7-14H2,1H3,(H,22,23). The minimum absolute atomic E-state index is 0.346. The number of hydrogen-bond donors (Lipinski definition) is 1. The molecule has 1 amide bonds. The first-order valence-corrected chi connectivity index (χ1v) is 9.75. The van der Waals surface area contributed by atoms with Gasteiger partial charge < -0.3 is 9.88 Å². The van der Waals surface area contributed by atoms with E-state index in [1.165, 1.54) is 5.56 Å². The van der Waals surface area contributed by atoms with Crippen molar-refractivity contribution in [2.45, 2.75) is 45.2 Å². The van der Waals surface area contributed by atoms with Crippen LogP contribution in [-0.2, 0) is 17.8 Å². The third-order valence-corrected chi connectivity index (χ3v) is 6.02. The molecule has 2 aromatic rings. The Hall–Kier alpha value is -2.14. The molecule has 26 heavy (non-hydrogen) atoms. The first-order chi connectivity index (χ1) is 12.7. The summed E-state index contributed by atoms with van der Waals surface area (Å²) in [5.74, 6) is 0.940. The lowest BCUT2D eigenvalue weighted by atomic mass is 9.83. The third-order valence-electron chi connectivity index (χ3n) is 6.02. The highest BCUT2D eigenvalue weighted by molar-refractivity contribution is 5.77. The summed E-state index contributed by atoms with van der Waals surface area (Å²) >= 11 is 0. The number of nitrogens with zero attached hydrogens (tertiary/aromatic N) is 3. The van der Waals surface area contributed by atoms with Crippen LogP contribution in [0, 0.1) is 12.8 Å². The van der Waals surface area contributed by atoms with Gasteiger partial charge in [-0.05, 0) is 37.7 Å². The fourth-order valence-electron chi connectivity index (χ4n) is 4.51. The highest BCUT2D eigenvalue weighted by Crippen LogP contribution is 2.32. The topological polar surface area (TPSA) is 52.2 Å². The molecule has 1 aromatic carbocycles. The Kier molecular flexibility index (Phi) is 5.07. The first-order valence-electron chi connectivity index (χ1n) is 9.75. The fourth-order valence-corrected chi connectivity index (χ4v) is 4.51. The van der Waals surface area contributed by atoms with E-state index >= 15 is 0 Å². The van der Waals surface area contributed by atoms with Gasteiger partial charge in [-0.2, -0.15) is 0 Å². The van der Waals surface area contributed by atoms with Gasteiger partial charge in [0.15, 0.2) is 0 Å². The molecule has 1 aromatic heterocycles. The van der Waals surface area contributed by atoms with Gasteiger partial charge >= 0.3 is 0 Å². The van der Waals surface area contributed by atoms with Gasteiger partial charge in [-0.1, -0.05) is 30.3 Å². The Morgan fingerprint density at radius 2 is 2.08 bits per heavy atom. The summed E-state index contributed by atoms with van der Waals surface area (Å²) < 4.78 is 0. The number of fused-ring (bicyclic) bond motifs is 1. The van der Waals surface area contributed by atoms with E-state index in [0.717, 1.165) is 56.8 Å². The van der Waals surface area contributed by atoms with Crippen LogP contribution in [0.5, 0.6) is 0 Å². The molecule has 0 bridgehead atoms. The van der Waals surface area contributed by atoms with Gasteiger partial charge in [0.2, 0.25) is 5.91 Å². The van der Waals surface area contributed by atoms with E-state index in [2.05, 4.69) is 51.0 Å². The number of rotatable bonds is 5. The van der Waals surface area contributed by atoms with Crippen LogP contribution in [0.4, 0.5) is 0 Å². The fraction of sp³-hybridized carbons (Fsp3) is 0.524. The molecule has 5 heteroatoms. The maximum Gasteiger partial charge on any atom is 0.222 e. The lowest BCUT2D eigenvalue weighted by Gasteiger charge is -2.47. The molecule has 0 aliphatic carbocycles. The number of piperidine rings is 2. The van der Waals surface area contributed by atoms with Crippen molar-refractivity contribution >= 4 is 5.91 Å². The summed E-state index contributed by atoms with van der Waals surface area (Å²) in [7, 11) is 0. The minimum Gasteiger partial charge on any atom is -0.348 e. The molecule has 0 spiro atoms. The molecule has 0 radical (unpaired) electrons. The third kappa shape index (κ3) is 3.68. The molecule has 5 nitrogen and oxygen atoms in total. The number of nitrogens with one attached hydrogen (secondary N) is 1. The van der Waals surface area contributed by atoms with Crippen molar-refractivity contribution in [1.29, 1.82) is 0 Å². The molecule has 2 atom stereocenters. The zero-order chi connectivity index (χ0) is 17.9. The average molecular weight is 352 g/mol. The summed E-state index contributed by atoms with van der Waals surface area (Å²) in [5, 5.41) is 0. The molecule has 2 aliphatic rings. The van der Waals surface area contributed by atoms with Gasteiger partial charge in [0.05, 0.1) is 12.0 Å². The lowest BCUT2D eigenvalue weighted by molar-refractivity contribution is -0.141. The van der Waals surface area contributed by atoms with E-state index in [-0.39, 0.29) is 0 Å². The van der Waals surface area contributed by atoms with Crippen LogP contribution in [0.15, 0.2) is 36.7 Å². The first kappa shape index (κ1) is 17.3. The molecule has 2 fully saturated rings. The minimum atomic E-state index is 0.346. The van der Waals surface area contributed by atoms with Crippen molar-refractivity contribution in [2.75, 3.05) is 19.6 Å². The Morgan fingerprint density at radius 3 is 2.85 bits per heavy atom. The molecular weight excluding hydrogens is 324 g/mol. The Labute approximate surface area is 155 Å². The van der Waals surface area contributed by atoms with Gasteiger partial charge in [0, 0.05) is 44.3 Å². The number of benzene rings is 1. The number of aromatic amines is 1. The van der Waals surface area contributed by atoms with Crippen molar-refractivity contribution in [3.63, 3.8) is 0 Å². The SMILES string of the molecule is Cc1[nH]cnc1CN1CCC2C(CCC(=O)N2CCc2ccccc2)C1. The largest absolute Gasteiger partial charge is 0.348 e. The van der Waals surface area contributed by atoms with Crippen molar-refractivity contribution < 1.29 is 4.79 Å². The summed E-state index contributed by atoms with van der Waals surface area (Å²) in [6, 6.07) is 10.9. The van der Waals surface area contributed by atoms with Crippen LogP contribution in [0.1, 0.15) is 36.2 Å². The van der Waals surface area contributed by atoms with E-state index in [4.69, 9.17) is 0 Å². The second-order valence-corrected chi connectivity index (χ2v) is 7.69. The zero-order valence-corrected chi connectivity index (χ0v) is 15.5. The van der Waals surface area contributed by atoms with Crippen LogP contribution < -0.4 is 0 Å². The van der Waals surface area contributed by atoms with Crippen molar-refractivity contribution in [2.24, 2.45) is 5.92 Å². The molecule has 2 saturated heterocycles. The maximum absolute atomic E-state index is 12.6. The van der Waals surface area contributed by atoms with Crippen LogP contribution in [0.2, 0.25) is 0 Å². The quantitative estimate of drug-likeness (QED) is 0.900. The van der Waals surface area contributed by atoms with Crippen LogP contribution in [0.25, 0.3) is 0 Å². The van der Waals surface area contributed by atoms with E-state index in [0.29, 0.717) is 24.3 Å². The number of carbonyl (C=O) groups is 1. The van der Waals surface area contributed by atoms with E-state index in [1.807, 2.05) is 6.07 Å². The second kappa shape index (κ2) is 7.62. The number of hydrogen-bond acceptors (Lipinski definition) is 3. The van der Waals surface area contributed by atoms with Gasteiger partial charge in [-0.3, -0.25) is 9.69 Å².